The Bertz CT molecular complexity index is 359. The van der Waals surface area contributed by atoms with Crippen molar-refractivity contribution in [3.63, 3.8) is 0 Å². The first kappa shape index (κ1) is 9.22. The van der Waals surface area contributed by atoms with Crippen molar-refractivity contribution < 1.29 is 5.11 Å². The van der Waals surface area contributed by atoms with Gasteiger partial charge in [-0.3, -0.25) is 0 Å². The Morgan fingerprint density at radius 2 is 2.07 bits per heavy atom. The van der Waals surface area contributed by atoms with Crippen LogP contribution in [-0.2, 0) is 6.42 Å². The number of anilines is 1. The molecule has 1 aromatic rings. The molecule has 2 heteroatoms. The summed E-state index contributed by atoms with van der Waals surface area (Å²) in [6.45, 7) is 0.308. The normalized spacial score (nSPS) is 29.4. The Labute approximate surface area is 90.3 Å². The van der Waals surface area contributed by atoms with Crippen LogP contribution in [0, 0.1) is 11.8 Å². The fraction of sp³-hybridized carbons (Fsp3) is 0.538. The molecule has 2 atom stereocenters. The fourth-order valence-electron chi connectivity index (χ4n) is 2.68. The summed E-state index contributed by atoms with van der Waals surface area (Å²) in [5, 5.41) is 13.0. The maximum Gasteiger partial charge on any atom is 0.0482 e. The lowest BCUT2D eigenvalue weighted by Gasteiger charge is -2.34. The molecule has 0 spiro atoms. The van der Waals surface area contributed by atoms with E-state index < -0.39 is 0 Å². The minimum Gasteiger partial charge on any atom is -0.396 e. The van der Waals surface area contributed by atoms with Crippen LogP contribution in [0.3, 0.4) is 0 Å². The highest BCUT2D eigenvalue weighted by Crippen LogP contribution is 2.41. The molecule has 3 rings (SSSR count). The summed E-state index contributed by atoms with van der Waals surface area (Å²) in [6.07, 6.45) is 3.69. The molecule has 0 saturated heterocycles. The lowest BCUT2D eigenvalue weighted by molar-refractivity contribution is 0.198. The van der Waals surface area contributed by atoms with Crippen molar-refractivity contribution in [2.75, 3.05) is 11.9 Å². The minimum atomic E-state index is 0.308. The average molecular weight is 203 g/mol. The molecule has 1 saturated carbocycles. The van der Waals surface area contributed by atoms with E-state index in [-0.39, 0.29) is 0 Å². The summed E-state index contributed by atoms with van der Waals surface area (Å²) in [5.74, 6) is 1.21. The molecule has 0 aromatic heterocycles. The first-order valence-electron chi connectivity index (χ1n) is 5.84. The predicted molar refractivity (Wildman–Crippen MR) is 60.9 cm³/mol. The molecule has 80 valence electrons. The Morgan fingerprint density at radius 1 is 1.27 bits per heavy atom. The summed E-state index contributed by atoms with van der Waals surface area (Å²) in [6, 6.07) is 8.97. The zero-order chi connectivity index (χ0) is 10.3. The second-order valence-corrected chi connectivity index (χ2v) is 4.81. The summed E-state index contributed by atoms with van der Waals surface area (Å²) in [7, 11) is 0. The quantitative estimate of drug-likeness (QED) is 0.771. The molecule has 0 amide bonds. The first-order valence-corrected chi connectivity index (χ1v) is 5.84. The maximum absolute atomic E-state index is 9.42. The van der Waals surface area contributed by atoms with Crippen LogP contribution < -0.4 is 5.32 Å². The van der Waals surface area contributed by atoms with Crippen LogP contribution >= 0.6 is 0 Å². The molecule has 2 aliphatic rings. The van der Waals surface area contributed by atoms with Crippen LogP contribution in [0.15, 0.2) is 24.3 Å². The van der Waals surface area contributed by atoms with E-state index in [0.29, 0.717) is 18.6 Å². The van der Waals surface area contributed by atoms with E-state index in [4.69, 9.17) is 0 Å². The van der Waals surface area contributed by atoms with E-state index in [1.165, 1.54) is 24.1 Å². The highest BCUT2D eigenvalue weighted by molar-refractivity contribution is 5.54. The number of rotatable bonds is 2. The number of fused-ring (bicyclic) bond motifs is 1. The SMILES string of the molecule is OCC1Cc2ccccc2N[C@H]1C1CC1. The second-order valence-electron chi connectivity index (χ2n) is 4.81. The zero-order valence-corrected chi connectivity index (χ0v) is 8.82. The van der Waals surface area contributed by atoms with Crippen LogP contribution in [0.1, 0.15) is 18.4 Å². The Kier molecular flexibility index (Phi) is 2.17. The van der Waals surface area contributed by atoms with Crippen LogP contribution in [0.2, 0.25) is 0 Å². The lowest BCUT2D eigenvalue weighted by atomic mass is 9.85. The fourth-order valence-corrected chi connectivity index (χ4v) is 2.68. The number of benzene rings is 1. The molecule has 1 fully saturated rings. The summed E-state index contributed by atoms with van der Waals surface area (Å²) in [4.78, 5) is 0. The smallest absolute Gasteiger partial charge is 0.0482 e. The van der Waals surface area contributed by atoms with Crippen molar-refractivity contribution in [1.82, 2.24) is 0 Å². The standard InChI is InChI=1S/C13H17NO/c15-8-11-7-10-3-1-2-4-12(10)14-13(11)9-5-6-9/h1-4,9,11,13-15H,5-8H2/t11?,13-/m0/s1. The van der Waals surface area contributed by atoms with Crippen molar-refractivity contribution in [2.45, 2.75) is 25.3 Å². The van der Waals surface area contributed by atoms with E-state index in [2.05, 4.69) is 29.6 Å². The van der Waals surface area contributed by atoms with Crippen molar-refractivity contribution in [3.05, 3.63) is 29.8 Å². The lowest BCUT2D eigenvalue weighted by Crippen LogP contribution is -2.38. The van der Waals surface area contributed by atoms with Gasteiger partial charge >= 0.3 is 0 Å². The molecule has 1 unspecified atom stereocenters. The van der Waals surface area contributed by atoms with E-state index in [1.807, 2.05) is 0 Å². The van der Waals surface area contributed by atoms with Crippen molar-refractivity contribution in [3.8, 4) is 0 Å². The van der Waals surface area contributed by atoms with Gasteiger partial charge in [0.05, 0.1) is 0 Å². The molecule has 0 bridgehead atoms. The van der Waals surface area contributed by atoms with E-state index in [0.717, 1.165) is 12.3 Å². The van der Waals surface area contributed by atoms with Gasteiger partial charge in [0, 0.05) is 24.3 Å². The largest absolute Gasteiger partial charge is 0.396 e. The van der Waals surface area contributed by atoms with Crippen LogP contribution in [0.25, 0.3) is 0 Å². The second kappa shape index (κ2) is 3.53. The van der Waals surface area contributed by atoms with Crippen molar-refractivity contribution >= 4 is 5.69 Å². The van der Waals surface area contributed by atoms with Gasteiger partial charge in [-0.1, -0.05) is 18.2 Å². The number of aliphatic hydroxyl groups excluding tert-OH is 1. The van der Waals surface area contributed by atoms with E-state index in [9.17, 15) is 5.11 Å². The van der Waals surface area contributed by atoms with Gasteiger partial charge in [0.15, 0.2) is 0 Å². The number of hydrogen-bond donors (Lipinski definition) is 2. The topological polar surface area (TPSA) is 32.3 Å². The maximum atomic E-state index is 9.42. The van der Waals surface area contributed by atoms with Crippen molar-refractivity contribution in [2.24, 2.45) is 11.8 Å². The molecular weight excluding hydrogens is 186 g/mol. The van der Waals surface area contributed by atoms with Gasteiger partial charge in [-0.25, -0.2) is 0 Å². The number of nitrogens with one attached hydrogen (secondary N) is 1. The Hall–Kier alpha value is -1.02. The van der Waals surface area contributed by atoms with Gasteiger partial charge < -0.3 is 10.4 Å². The summed E-state index contributed by atoms with van der Waals surface area (Å²) >= 11 is 0. The highest BCUT2D eigenvalue weighted by atomic mass is 16.3. The minimum absolute atomic E-state index is 0.308. The number of hydrogen-bond acceptors (Lipinski definition) is 2. The molecule has 2 nitrogen and oxygen atoms in total. The Morgan fingerprint density at radius 3 is 2.80 bits per heavy atom. The van der Waals surface area contributed by atoms with Crippen molar-refractivity contribution in [1.29, 1.82) is 0 Å². The van der Waals surface area contributed by atoms with Gasteiger partial charge in [0.25, 0.3) is 0 Å². The third kappa shape index (κ3) is 1.63. The van der Waals surface area contributed by atoms with Gasteiger partial charge in [0.1, 0.15) is 0 Å². The molecule has 1 aliphatic carbocycles. The van der Waals surface area contributed by atoms with Gasteiger partial charge in [0.2, 0.25) is 0 Å². The van der Waals surface area contributed by atoms with Crippen LogP contribution in [0.5, 0.6) is 0 Å². The predicted octanol–water partition coefficient (Wildman–Crippen LogP) is 2.04. The van der Waals surface area contributed by atoms with E-state index in [1.54, 1.807) is 0 Å². The van der Waals surface area contributed by atoms with Crippen LogP contribution in [0.4, 0.5) is 5.69 Å². The summed E-state index contributed by atoms with van der Waals surface area (Å²) < 4.78 is 0. The van der Waals surface area contributed by atoms with Gasteiger partial charge in [-0.05, 0) is 36.8 Å². The number of aliphatic hydroxyl groups is 1. The number of para-hydroxylation sites is 1. The monoisotopic (exact) mass is 203 g/mol. The molecule has 1 heterocycles. The molecular formula is C13H17NO. The molecule has 0 radical (unpaired) electrons. The van der Waals surface area contributed by atoms with Gasteiger partial charge in [-0.15, -0.1) is 0 Å². The molecule has 1 aliphatic heterocycles. The first-order chi connectivity index (χ1) is 7.38. The highest BCUT2D eigenvalue weighted by Gasteiger charge is 2.38. The zero-order valence-electron chi connectivity index (χ0n) is 8.82. The van der Waals surface area contributed by atoms with Gasteiger partial charge in [-0.2, -0.15) is 0 Å². The molecule has 1 aromatic carbocycles. The Balaban J connectivity index is 1.89. The third-order valence-electron chi connectivity index (χ3n) is 3.69. The molecule has 15 heavy (non-hydrogen) atoms. The average Bonchev–Trinajstić information content (AvgIpc) is 3.11. The van der Waals surface area contributed by atoms with Crippen LogP contribution in [-0.4, -0.2) is 17.8 Å². The third-order valence-corrected chi connectivity index (χ3v) is 3.69. The summed E-state index contributed by atoms with van der Waals surface area (Å²) in [5.41, 5.74) is 2.63. The molecule has 2 N–H and O–H groups in total. The van der Waals surface area contributed by atoms with E-state index >= 15 is 0 Å².